The van der Waals surface area contributed by atoms with Crippen molar-refractivity contribution in [1.29, 1.82) is 0 Å². The predicted octanol–water partition coefficient (Wildman–Crippen LogP) is 2.01. The Labute approximate surface area is 145 Å². The van der Waals surface area contributed by atoms with Crippen LogP contribution in [0.5, 0.6) is 0 Å². The number of Topliss-reactive ketones (excluding diaryl/α,β-unsaturated/α-hetero) is 1. The van der Waals surface area contributed by atoms with E-state index in [1.165, 1.54) is 18.5 Å². The molecule has 134 valence electrons. The van der Waals surface area contributed by atoms with Crippen LogP contribution in [-0.2, 0) is 0 Å². The number of carbonyl (C=O) groups excluding carboxylic acids is 1. The molecular formula is C19H31N3O2. The van der Waals surface area contributed by atoms with Gasteiger partial charge in [0.2, 0.25) is 0 Å². The molecule has 1 saturated carbocycles. The quantitative estimate of drug-likeness (QED) is 0.776. The minimum atomic E-state index is 0.225. The summed E-state index contributed by atoms with van der Waals surface area (Å²) in [4.78, 5) is 17.4. The molecule has 0 radical (unpaired) electrons. The third-order valence-corrected chi connectivity index (χ3v) is 5.67. The highest BCUT2D eigenvalue weighted by Crippen LogP contribution is 2.38. The standard InChI is InChI=1S/C19H31N3O2/c1-4-16(13-23)21-9-7-20(8-10-21)12-19(24)18-11-14(2)22(15(18)3)17-5-6-17/h11,16-17,23H,4-10,12-13H2,1-3H3. The molecule has 1 unspecified atom stereocenters. The zero-order valence-corrected chi connectivity index (χ0v) is 15.3. The van der Waals surface area contributed by atoms with Crippen LogP contribution in [-0.4, -0.2) is 70.6 Å². The summed E-state index contributed by atoms with van der Waals surface area (Å²) in [5, 5.41) is 9.44. The molecule has 1 saturated heterocycles. The molecule has 2 heterocycles. The van der Waals surface area contributed by atoms with Gasteiger partial charge in [-0.25, -0.2) is 0 Å². The van der Waals surface area contributed by atoms with Crippen molar-refractivity contribution in [3.8, 4) is 0 Å². The Morgan fingerprint density at radius 1 is 1.25 bits per heavy atom. The molecule has 2 aliphatic rings. The lowest BCUT2D eigenvalue weighted by Crippen LogP contribution is -2.52. The third kappa shape index (κ3) is 3.58. The van der Waals surface area contributed by atoms with E-state index in [0.29, 0.717) is 12.6 Å². The Morgan fingerprint density at radius 3 is 2.46 bits per heavy atom. The summed E-state index contributed by atoms with van der Waals surface area (Å²) in [5.74, 6) is 0.248. The molecule has 24 heavy (non-hydrogen) atoms. The van der Waals surface area contributed by atoms with Crippen LogP contribution < -0.4 is 0 Å². The zero-order chi connectivity index (χ0) is 17.3. The van der Waals surface area contributed by atoms with E-state index >= 15 is 0 Å². The van der Waals surface area contributed by atoms with Crippen molar-refractivity contribution in [2.45, 2.75) is 52.1 Å². The molecule has 0 spiro atoms. The van der Waals surface area contributed by atoms with Crippen LogP contribution in [0.4, 0.5) is 0 Å². The summed E-state index contributed by atoms with van der Waals surface area (Å²) < 4.78 is 2.35. The average Bonchev–Trinajstić information content (AvgIpc) is 3.35. The van der Waals surface area contributed by atoms with Gasteiger partial charge in [-0.15, -0.1) is 0 Å². The van der Waals surface area contributed by atoms with Crippen molar-refractivity contribution in [1.82, 2.24) is 14.4 Å². The Bertz CT molecular complexity index is 580. The van der Waals surface area contributed by atoms with E-state index in [9.17, 15) is 9.90 Å². The first-order valence-electron chi connectivity index (χ1n) is 9.34. The number of piperazine rings is 1. The molecule has 1 atom stereocenters. The summed E-state index contributed by atoms with van der Waals surface area (Å²) in [6.45, 7) is 10.7. The van der Waals surface area contributed by atoms with Gasteiger partial charge in [-0.3, -0.25) is 14.6 Å². The molecule has 1 aromatic rings. The lowest BCUT2D eigenvalue weighted by atomic mass is 10.1. The lowest BCUT2D eigenvalue weighted by molar-refractivity contribution is 0.0591. The summed E-state index contributed by atoms with van der Waals surface area (Å²) >= 11 is 0. The van der Waals surface area contributed by atoms with E-state index in [1.54, 1.807) is 0 Å². The van der Waals surface area contributed by atoms with Crippen molar-refractivity contribution in [2.24, 2.45) is 0 Å². The molecule has 5 heteroatoms. The van der Waals surface area contributed by atoms with E-state index in [4.69, 9.17) is 0 Å². The van der Waals surface area contributed by atoms with E-state index in [1.807, 2.05) is 0 Å². The van der Waals surface area contributed by atoms with Crippen molar-refractivity contribution < 1.29 is 9.90 Å². The van der Waals surface area contributed by atoms with E-state index in [0.717, 1.165) is 43.9 Å². The van der Waals surface area contributed by atoms with Gasteiger partial charge in [0.05, 0.1) is 13.2 Å². The maximum atomic E-state index is 12.8. The van der Waals surface area contributed by atoms with Crippen molar-refractivity contribution in [3.63, 3.8) is 0 Å². The molecule has 5 nitrogen and oxygen atoms in total. The Kier molecular flexibility index (Phi) is 5.42. The maximum Gasteiger partial charge on any atom is 0.178 e. The Balaban J connectivity index is 1.58. The van der Waals surface area contributed by atoms with Crippen LogP contribution in [0.3, 0.4) is 0 Å². The van der Waals surface area contributed by atoms with Crippen LogP contribution in [0.15, 0.2) is 6.07 Å². The van der Waals surface area contributed by atoms with Crippen molar-refractivity contribution in [3.05, 3.63) is 23.0 Å². The number of aryl methyl sites for hydroxylation is 1. The Hall–Kier alpha value is -1.17. The minimum absolute atomic E-state index is 0.225. The molecule has 1 aliphatic carbocycles. The van der Waals surface area contributed by atoms with Crippen LogP contribution in [0.1, 0.15) is 54.0 Å². The van der Waals surface area contributed by atoms with Crippen LogP contribution in [0.25, 0.3) is 0 Å². The summed E-state index contributed by atoms with van der Waals surface area (Å²) in [6.07, 6.45) is 3.47. The van der Waals surface area contributed by atoms with Gasteiger partial charge in [-0.05, 0) is 39.2 Å². The number of nitrogens with zero attached hydrogens (tertiary/aromatic N) is 3. The number of aliphatic hydroxyl groups excluding tert-OH is 1. The van der Waals surface area contributed by atoms with Gasteiger partial charge in [-0.2, -0.15) is 0 Å². The van der Waals surface area contributed by atoms with E-state index in [-0.39, 0.29) is 18.4 Å². The predicted molar refractivity (Wildman–Crippen MR) is 95.7 cm³/mol. The second-order valence-corrected chi connectivity index (χ2v) is 7.37. The molecule has 1 N–H and O–H groups in total. The topological polar surface area (TPSA) is 48.7 Å². The summed E-state index contributed by atoms with van der Waals surface area (Å²) in [6, 6.07) is 2.96. The molecule has 0 aromatic carbocycles. The number of aromatic nitrogens is 1. The van der Waals surface area contributed by atoms with Gasteiger partial charge in [0.1, 0.15) is 0 Å². The first-order valence-corrected chi connectivity index (χ1v) is 9.34. The first kappa shape index (κ1) is 17.6. The molecule has 0 amide bonds. The normalized spacial score (nSPS) is 21.2. The van der Waals surface area contributed by atoms with Crippen LogP contribution >= 0.6 is 0 Å². The largest absolute Gasteiger partial charge is 0.395 e. The number of rotatable bonds is 7. The molecule has 1 aromatic heterocycles. The Morgan fingerprint density at radius 2 is 1.92 bits per heavy atom. The number of hydrogen-bond acceptors (Lipinski definition) is 4. The van der Waals surface area contributed by atoms with Gasteiger partial charge in [0, 0.05) is 55.2 Å². The summed E-state index contributed by atoms with van der Waals surface area (Å²) in [7, 11) is 0. The van der Waals surface area contributed by atoms with E-state index in [2.05, 4.69) is 41.2 Å². The number of hydrogen-bond donors (Lipinski definition) is 1. The summed E-state index contributed by atoms with van der Waals surface area (Å²) in [5.41, 5.74) is 3.27. The highest BCUT2D eigenvalue weighted by molar-refractivity contribution is 5.99. The van der Waals surface area contributed by atoms with Gasteiger partial charge >= 0.3 is 0 Å². The minimum Gasteiger partial charge on any atom is -0.395 e. The number of carbonyl (C=O) groups is 1. The average molecular weight is 333 g/mol. The second-order valence-electron chi connectivity index (χ2n) is 7.37. The van der Waals surface area contributed by atoms with Crippen LogP contribution in [0, 0.1) is 13.8 Å². The van der Waals surface area contributed by atoms with Crippen molar-refractivity contribution >= 4 is 5.78 Å². The smallest absolute Gasteiger partial charge is 0.178 e. The van der Waals surface area contributed by atoms with Gasteiger partial charge in [-0.1, -0.05) is 6.92 Å². The highest BCUT2D eigenvalue weighted by atomic mass is 16.3. The monoisotopic (exact) mass is 333 g/mol. The zero-order valence-electron chi connectivity index (χ0n) is 15.3. The highest BCUT2D eigenvalue weighted by Gasteiger charge is 2.29. The third-order valence-electron chi connectivity index (χ3n) is 5.67. The number of ketones is 1. The fourth-order valence-corrected chi connectivity index (χ4v) is 4.03. The van der Waals surface area contributed by atoms with Crippen LogP contribution in [0.2, 0.25) is 0 Å². The van der Waals surface area contributed by atoms with Gasteiger partial charge in [0.15, 0.2) is 5.78 Å². The molecule has 1 aliphatic heterocycles. The molecule has 3 rings (SSSR count). The lowest BCUT2D eigenvalue weighted by Gasteiger charge is -2.38. The second kappa shape index (κ2) is 7.38. The first-order chi connectivity index (χ1) is 11.5. The van der Waals surface area contributed by atoms with Crippen molar-refractivity contribution in [2.75, 3.05) is 39.3 Å². The van der Waals surface area contributed by atoms with E-state index < -0.39 is 0 Å². The fourth-order valence-electron chi connectivity index (χ4n) is 4.03. The molecule has 2 fully saturated rings. The van der Waals surface area contributed by atoms with Gasteiger partial charge in [0.25, 0.3) is 0 Å². The maximum absolute atomic E-state index is 12.8. The number of aliphatic hydroxyl groups is 1. The molecule has 0 bridgehead atoms. The van der Waals surface area contributed by atoms with Gasteiger partial charge < -0.3 is 9.67 Å². The fraction of sp³-hybridized carbons (Fsp3) is 0.737. The molecular weight excluding hydrogens is 302 g/mol. The SMILES string of the molecule is CCC(CO)N1CCN(CC(=O)c2cc(C)n(C3CC3)c2C)CC1.